The molecule has 0 fully saturated rings. The van der Waals surface area contributed by atoms with Crippen LogP contribution in [-0.4, -0.2) is 8.38 Å². The minimum absolute atomic E-state index is 0. The summed E-state index contributed by atoms with van der Waals surface area (Å²) in [6.07, 6.45) is 0. The molecule has 6 heteroatoms. The number of rotatable bonds is 0. The van der Waals surface area contributed by atoms with Crippen LogP contribution in [0.3, 0.4) is 0 Å². The number of hydrogen-bond donors (Lipinski definition) is 2. The second-order valence-electron chi connectivity index (χ2n) is 0.415. The summed E-state index contributed by atoms with van der Waals surface area (Å²) in [5.41, 5.74) is 0. The van der Waals surface area contributed by atoms with Crippen molar-refractivity contribution in [3.8, 4) is 0 Å². The molecule has 4 nitrogen and oxygen atoms in total. The summed E-state index contributed by atoms with van der Waals surface area (Å²) >= 11 is -5.12. The van der Waals surface area contributed by atoms with Gasteiger partial charge in [-0.1, -0.05) is 0 Å². The minimum Gasteiger partial charge on any atom is 0 e. The van der Waals surface area contributed by atoms with Gasteiger partial charge in [0.1, 0.15) is 0 Å². The molecule has 0 saturated carbocycles. The van der Waals surface area contributed by atoms with Crippen LogP contribution in [0.15, 0.2) is 0 Å². The van der Waals surface area contributed by atoms with E-state index in [9.17, 15) is 0 Å². The van der Waals surface area contributed by atoms with Gasteiger partial charge in [-0.25, -0.2) is 0 Å². The minimum atomic E-state index is -5.12. The molecule has 0 aromatic carbocycles. The first-order chi connectivity index (χ1) is 2.00. The van der Waals surface area contributed by atoms with Crippen molar-refractivity contribution in [2.24, 2.45) is 0 Å². The monoisotopic (exact) mass is 185 g/mol. The van der Waals surface area contributed by atoms with E-state index in [0.29, 0.717) is 0 Å². The smallest absolute Gasteiger partial charge is 0 e. The van der Waals surface area contributed by atoms with Crippen LogP contribution < -0.4 is 0 Å². The van der Waals surface area contributed by atoms with Crippen LogP contribution in [0.4, 0.5) is 0 Å². The fourth-order valence-corrected chi connectivity index (χ4v) is 0. The summed E-state index contributed by atoms with van der Waals surface area (Å²) < 4.78 is 31.8. The molecule has 0 bridgehead atoms. The molecule has 0 unspecified atom stereocenters. The first-order valence-electron chi connectivity index (χ1n) is 0.647. The van der Waals surface area contributed by atoms with Crippen molar-refractivity contribution in [1.82, 2.24) is 0 Å². The van der Waals surface area contributed by atoms with Gasteiger partial charge < -0.3 is 0 Å². The molecule has 0 atom stereocenters. The van der Waals surface area contributed by atoms with E-state index in [-0.39, 0.29) is 19.5 Å². The second-order valence-corrected chi connectivity index (χ2v) is 1.71. The van der Waals surface area contributed by atoms with E-state index in [2.05, 4.69) is 0 Å². The molecule has 0 saturated heterocycles. The van der Waals surface area contributed by atoms with Gasteiger partial charge in [0.25, 0.3) is 0 Å². The van der Waals surface area contributed by atoms with Crippen molar-refractivity contribution in [3.05, 3.63) is 0 Å². The van der Waals surface area contributed by atoms with Crippen molar-refractivity contribution in [2.45, 2.75) is 0 Å². The van der Waals surface area contributed by atoms with E-state index >= 15 is 0 Å². The largest absolute Gasteiger partial charge is 0 e. The van der Waals surface area contributed by atoms with Crippen molar-refractivity contribution in [3.63, 3.8) is 0 Å². The third kappa shape index (κ3) is 142. The Morgan fingerprint density at radius 1 is 1.17 bits per heavy atom. The Balaban J connectivity index is 0. The van der Waals surface area contributed by atoms with Crippen molar-refractivity contribution in [1.29, 1.82) is 0 Å². The summed E-state index contributed by atoms with van der Waals surface area (Å²) in [7, 11) is 0. The van der Waals surface area contributed by atoms with Gasteiger partial charge in [-0.2, -0.15) is 0 Å². The quantitative estimate of drug-likeness (QED) is 0.458. The fourth-order valence-electron chi connectivity index (χ4n) is 0. The van der Waals surface area contributed by atoms with Crippen LogP contribution in [0, 0.1) is 0 Å². The molecule has 0 heterocycles. The Labute approximate surface area is 49.2 Å². The molecule has 0 aliphatic carbocycles. The third-order valence-electron chi connectivity index (χ3n) is 0. The van der Waals surface area contributed by atoms with Gasteiger partial charge in [0.2, 0.25) is 0 Å². The predicted molar refractivity (Wildman–Crippen MR) is 5.81 cm³/mol. The van der Waals surface area contributed by atoms with Gasteiger partial charge in [-0.15, -0.1) is 0 Å². The molecule has 35 valence electrons. The summed E-state index contributed by atoms with van der Waals surface area (Å²) in [5.74, 6) is 0. The summed E-state index contributed by atoms with van der Waals surface area (Å²) in [5, 5.41) is 0. The summed E-state index contributed by atoms with van der Waals surface area (Å²) in [4.78, 5) is 0. The van der Waals surface area contributed by atoms with Gasteiger partial charge in [-0.3, -0.25) is 0 Å². The van der Waals surface area contributed by atoms with Crippen LogP contribution in [0.2, 0.25) is 0 Å². The van der Waals surface area contributed by atoms with Gasteiger partial charge in [-0.05, 0) is 0 Å². The molecule has 0 rings (SSSR count). The van der Waals surface area contributed by atoms with Gasteiger partial charge in [0.15, 0.2) is 0 Å². The second kappa shape index (κ2) is 2.77. The van der Waals surface area contributed by atoms with Crippen LogP contribution in [0.25, 0.3) is 0 Å². The van der Waals surface area contributed by atoms with E-state index in [0.717, 1.165) is 0 Å². The van der Waals surface area contributed by atoms with E-state index < -0.39 is 13.4 Å². The van der Waals surface area contributed by atoms with Crippen molar-refractivity contribution >= 4 is 0 Å². The third-order valence-corrected chi connectivity index (χ3v) is 0. The maximum absolute atomic E-state index is 8.80. The fraction of sp³-hybridized carbons (Fsp3) is 0. The number of hydrogen-bond acceptors (Lipinski definition) is 2. The topological polar surface area (TPSA) is 74.6 Å². The van der Waals surface area contributed by atoms with E-state index in [1.165, 1.54) is 0 Å². The maximum Gasteiger partial charge on any atom is 0 e. The molecule has 0 spiro atoms. The van der Waals surface area contributed by atoms with Gasteiger partial charge >= 0.3 is 29.4 Å². The molecule has 0 radical (unpaired) electrons. The van der Waals surface area contributed by atoms with E-state index in [4.69, 9.17) is 16.0 Å². The zero-order chi connectivity index (χ0) is 4.50. The Kier molecular flexibility index (Phi) is 4.54. The molecule has 0 aromatic heterocycles. The predicted octanol–water partition coefficient (Wildman–Crippen LogP) is -1.36. The maximum atomic E-state index is 8.80. The van der Waals surface area contributed by atoms with Crippen LogP contribution in [0.1, 0.15) is 0 Å². The average molecular weight is 186 g/mol. The zero-order valence-corrected chi connectivity index (χ0v) is 6.94. The Bertz CT molecular complexity index is 90.7. The zero-order valence-electron chi connectivity index (χ0n) is 2.80. The normalized spacial score (nSPS) is 9.67. The Hall–Kier alpha value is 0.663. The Morgan fingerprint density at radius 3 is 1.17 bits per heavy atom. The summed E-state index contributed by atoms with van der Waals surface area (Å²) in [6, 6.07) is 0. The Morgan fingerprint density at radius 2 is 1.17 bits per heavy atom. The first-order valence-corrected chi connectivity index (χ1v) is 2.67. The van der Waals surface area contributed by atoms with Gasteiger partial charge in [0.05, 0.1) is 0 Å². The molecular formula is H2MnO4Zn. The van der Waals surface area contributed by atoms with Crippen molar-refractivity contribution in [2.75, 3.05) is 0 Å². The molecule has 2 N–H and O–H groups in total. The molecular weight excluding hydrogens is 184 g/mol. The molecule has 0 aromatic rings. The first kappa shape index (κ1) is 9.83. The van der Waals surface area contributed by atoms with E-state index in [1.54, 1.807) is 0 Å². The molecule has 6 heavy (non-hydrogen) atoms. The molecule has 0 aliphatic rings. The summed E-state index contributed by atoms with van der Waals surface area (Å²) in [6.45, 7) is 0. The molecule has 0 amide bonds. The van der Waals surface area contributed by atoms with Crippen LogP contribution in [-0.2, 0) is 40.5 Å². The SMILES string of the molecule is [O]=[Mn](=[O])([OH])[OH].[Zn]. The van der Waals surface area contributed by atoms with Crippen molar-refractivity contribution < 1.29 is 48.9 Å². The average Bonchev–Trinajstić information content (AvgIpc) is 0.722. The molecule has 0 aliphatic heterocycles. The van der Waals surface area contributed by atoms with Crippen LogP contribution in [0.5, 0.6) is 0 Å². The standard InChI is InChI=1S/Mn.2H2O.2O.Zn/h;2*1H2;;;/q+2;;;;;/p-2. The van der Waals surface area contributed by atoms with Crippen LogP contribution >= 0.6 is 0 Å². The van der Waals surface area contributed by atoms with Gasteiger partial charge in [0, 0.05) is 19.5 Å². The van der Waals surface area contributed by atoms with E-state index in [1.807, 2.05) is 0 Å².